The second-order valence-corrected chi connectivity index (χ2v) is 7.08. The Hall–Kier alpha value is -3.29. The van der Waals surface area contributed by atoms with Crippen LogP contribution < -0.4 is 19.5 Å². The Balaban J connectivity index is 1.84. The predicted octanol–water partition coefficient (Wildman–Crippen LogP) is 4.36. The average molecular weight is 414 g/mol. The molecule has 0 saturated heterocycles. The largest absolute Gasteiger partial charge is 0.492 e. The fourth-order valence-corrected chi connectivity index (χ4v) is 3.18. The smallest absolute Gasteiger partial charge is 0.296 e. The fourth-order valence-electron chi connectivity index (χ4n) is 3.18. The van der Waals surface area contributed by atoms with E-state index >= 15 is 0 Å². The van der Waals surface area contributed by atoms with Crippen molar-refractivity contribution in [2.75, 3.05) is 25.1 Å². The van der Waals surface area contributed by atoms with Gasteiger partial charge in [-0.15, -0.1) is 0 Å². The highest BCUT2D eigenvalue weighted by Crippen LogP contribution is 2.39. The molecule has 2 aromatic rings. The number of amides is 1. The molecule has 1 aliphatic rings. The van der Waals surface area contributed by atoms with Gasteiger partial charge >= 0.3 is 0 Å². The number of nitro groups is 1. The minimum absolute atomic E-state index is 0.0822. The molecule has 0 aromatic heterocycles. The number of ether oxygens (including phenoxy) is 3. The van der Waals surface area contributed by atoms with Gasteiger partial charge in [0.2, 0.25) is 5.91 Å². The van der Waals surface area contributed by atoms with Crippen molar-refractivity contribution in [3.63, 3.8) is 0 Å². The van der Waals surface area contributed by atoms with E-state index in [9.17, 15) is 14.9 Å². The zero-order chi connectivity index (χ0) is 21.5. The molecule has 0 radical (unpaired) electrons. The van der Waals surface area contributed by atoms with E-state index in [1.165, 1.54) is 12.1 Å². The SMILES string of the molecule is CCCOc1cc(NC(=O)[C@@H]2COc3ccccc3C2)c([N+](=O)[O-])cc1OCCC. The van der Waals surface area contributed by atoms with Crippen LogP contribution in [-0.4, -0.2) is 30.7 Å². The number of anilines is 1. The first kappa shape index (κ1) is 21.4. The van der Waals surface area contributed by atoms with E-state index in [4.69, 9.17) is 14.2 Å². The lowest BCUT2D eigenvalue weighted by molar-refractivity contribution is -0.384. The molecule has 1 atom stereocenters. The van der Waals surface area contributed by atoms with E-state index in [0.29, 0.717) is 31.1 Å². The van der Waals surface area contributed by atoms with Gasteiger partial charge in [0.15, 0.2) is 11.5 Å². The standard InChI is InChI=1S/C22H26N2O6/c1-3-9-28-20-12-17(18(24(26)27)13-21(20)29-10-4-2)23-22(25)16-11-15-7-5-6-8-19(15)30-14-16/h5-8,12-13,16H,3-4,9-11,14H2,1-2H3,(H,23,25)/t16-/m0/s1. The van der Waals surface area contributed by atoms with Gasteiger partial charge in [0, 0.05) is 6.07 Å². The number of nitrogens with zero attached hydrogens (tertiary/aromatic N) is 1. The van der Waals surface area contributed by atoms with Crippen LogP contribution >= 0.6 is 0 Å². The van der Waals surface area contributed by atoms with Crippen LogP contribution in [0.15, 0.2) is 36.4 Å². The second kappa shape index (κ2) is 9.96. The van der Waals surface area contributed by atoms with Crippen molar-refractivity contribution >= 4 is 17.3 Å². The second-order valence-electron chi connectivity index (χ2n) is 7.08. The molecule has 2 aromatic carbocycles. The van der Waals surface area contributed by atoms with Crippen LogP contribution in [0.5, 0.6) is 17.2 Å². The number of hydrogen-bond donors (Lipinski definition) is 1. The van der Waals surface area contributed by atoms with Crippen LogP contribution in [0.4, 0.5) is 11.4 Å². The summed E-state index contributed by atoms with van der Waals surface area (Å²) < 4.78 is 17.0. The first-order valence-corrected chi connectivity index (χ1v) is 10.1. The molecule has 160 valence electrons. The Morgan fingerprint density at radius 3 is 2.50 bits per heavy atom. The summed E-state index contributed by atoms with van der Waals surface area (Å²) in [5.41, 5.74) is 0.780. The molecule has 0 saturated carbocycles. The fraction of sp³-hybridized carbons (Fsp3) is 0.409. The number of nitro benzene ring substituents is 1. The van der Waals surface area contributed by atoms with E-state index in [2.05, 4.69) is 5.32 Å². The van der Waals surface area contributed by atoms with E-state index in [-0.39, 0.29) is 23.9 Å². The van der Waals surface area contributed by atoms with Crippen molar-refractivity contribution in [3.8, 4) is 17.2 Å². The van der Waals surface area contributed by atoms with Crippen LogP contribution in [0.1, 0.15) is 32.3 Å². The minimum atomic E-state index is -0.537. The summed E-state index contributed by atoms with van der Waals surface area (Å²) >= 11 is 0. The molecule has 8 heteroatoms. The number of carbonyl (C=O) groups is 1. The molecule has 0 unspecified atom stereocenters. The zero-order valence-electron chi connectivity index (χ0n) is 17.2. The first-order chi connectivity index (χ1) is 14.5. The van der Waals surface area contributed by atoms with Gasteiger partial charge in [-0.2, -0.15) is 0 Å². The number of para-hydroxylation sites is 1. The number of hydrogen-bond acceptors (Lipinski definition) is 6. The van der Waals surface area contributed by atoms with Crippen molar-refractivity contribution in [3.05, 3.63) is 52.1 Å². The molecule has 0 fully saturated rings. The van der Waals surface area contributed by atoms with Gasteiger partial charge in [0.1, 0.15) is 18.0 Å². The summed E-state index contributed by atoms with van der Waals surface area (Å²) in [4.78, 5) is 23.9. The predicted molar refractivity (Wildman–Crippen MR) is 112 cm³/mol. The van der Waals surface area contributed by atoms with Crippen LogP contribution in [0.3, 0.4) is 0 Å². The third kappa shape index (κ3) is 5.00. The van der Waals surface area contributed by atoms with Crippen LogP contribution in [0.2, 0.25) is 0 Å². The van der Waals surface area contributed by atoms with Crippen LogP contribution in [0.25, 0.3) is 0 Å². The number of carbonyl (C=O) groups excluding carboxylic acids is 1. The Labute approximate surface area is 175 Å². The molecule has 1 heterocycles. The third-order valence-electron chi connectivity index (χ3n) is 4.69. The topological polar surface area (TPSA) is 99.9 Å². The van der Waals surface area contributed by atoms with Gasteiger partial charge in [-0.05, 0) is 30.9 Å². The van der Waals surface area contributed by atoms with Crippen LogP contribution in [0, 0.1) is 16.0 Å². The average Bonchev–Trinajstić information content (AvgIpc) is 2.76. The van der Waals surface area contributed by atoms with Gasteiger partial charge in [-0.3, -0.25) is 14.9 Å². The van der Waals surface area contributed by atoms with Crippen molar-refractivity contribution in [1.29, 1.82) is 0 Å². The van der Waals surface area contributed by atoms with E-state index < -0.39 is 10.8 Å². The zero-order valence-corrected chi connectivity index (χ0v) is 17.2. The molecule has 0 aliphatic carbocycles. The molecular weight excluding hydrogens is 388 g/mol. The maximum Gasteiger partial charge on any atom is 0.296 e. The molecule has 1 N–H and O–H groups in total. The summed E-state index contributed by atoms with van der Waals surface area (Å²) in [6, 6.07) is 10.3. The number of benzene rings is 2. The van der Waals surface area contributed by atoms with E-state index in [0.717, 1.165) is 24.2 Å². The third-order valence-corrected chi connectivity index (χ3v) is 4.69. The van der Waals surface area contributed by atoms with Gasteiger partial charge in [0.05, 0.1) is 30.1 Å². The van der Waals surface area contributed by atoms with Gasteiger partial charge < -0.3 is 19.5 Å². The lowest BCUT2D eigenvalue weighted by Gasteiger charge is -2.24. The Kier molecular flexibility index (Phi) is 7.11. The number of nitrogens with one attached hydrogen (secondary N) is 1. The van der Waals surface area contributed by atoms with Crippen LogP contribution in [-0.2, 0) is 11.2 Å². The van der Waals surface area contributed by atoms with E-state index in [1.54, 1.807) is 0 Å². The summed E-state index contributed by atoms with van der Waals surface area (Å²) in [7, 11) is 0. The monoisotopic (exact) mass is 414 g/mol. The Morgan fingerprint density at radius 2 is 1.83 bits per heavy atom. The van der Waals surface area contributed by atoms with Crippen molar-refractivity contribution in [1.82, 2.24) is 0 Å². The Bertz CT molecular complexity index is 914. The molecule has 1 amide bonds. The van der Waals surface area contributed by atoms with Gasteiger partial charge in [0.25, 0.3) is 5.69 Å². The summed E-state index contributed by atoms with van der Waals surface area (Å²) in [5, 5.41) is 14.3. The lowest BCUT2D eigenvalue weighted by atomic mass is 9.96. The molecule has 8 nitrogen and oxygen atoms in total. The first-order valence-electron chi connectivity index (χ1n) is 10.1. The molecule has 1 aliphatic heterocycles. The number of fused-ring (bicyclic) bond motifs is 1. The molecule has 0 bridgehead atoms. The molecule has 3 rings (SSSR count). The maximum atomic E-state index is 12.8. The molecule has 30 heavy (non-hydrogen) atoms. The minimum Gasteiger partial charge on any atom is -0.492 e. The lowest BCUT2D eigenvalue weighted by Crippen LogP contribution is -2.32. The highest BCUT2D eigenvalue weighted by molar-refractivity contribution is 5.95. The normalized spacial score (nSPS) is 14.9. The Morgan fingerprint density at radius 1 is 1.17 bits per heavy atom. The van der Waals surface area contributed by atoms with Crippen molar-refractivity contribution < 1.29 is 23.9 Å². The summed E-state index contributed by atoms with van der Waals surface area (Å²) in [6.07, 6.45) is 2.03. The highest BCUT2D eigenvalue weighted by Gasteiger charge is 2.28. The summed E-state index contributed by atoms with van der Waals surface area (Å²) in [6.45, 7) is 4.96. The number of rotatable bonds is 9. The van der Waals surface area contributed by atoms with E-state index in [1.807, 2.05) is 38.1 Å². The highest BCUT2D eigenvalue weighted by atomic mass is 16.6. The molecular formula is C22H26N2O6. The molecule has 0 spiro atoms. The van der Waals surface area contributed by atoms with Crippen molar-refractivity contribution in [2.45, 2.75) is 33.1 Å². The van der Waals surface area contributed by atoms with Gasteiger partial charge in [-0.1, -0.05) is 32.0 Å². The summed E-state index contributed by atoms with van der Waals surface area (Å²) in [5.74, 6) is 0.647. The maximum absolute atomic E-state index is 12.8. The quantitative estimate of drug-likeness (QED) is 0.483. The van der Waals surface area contributed by atoms with Gasteiger partial charge in [-0.25, -0.2) is 0 Å². The van der Waals surface area contributed by atoms with Crippen molar-refractivity contribution in [2.24, 2.45) is 5.92 Å².